The van der Waals surface area contributed by atoms with E-state index in [4.69, 9.17) is 4.42 Å². The Labute approximate surface area is 162 Å². The smallest absolute Gasteiger partial charge is 0.344 e. The molecule has 3 aromatic carbocycles. The number of nitrogens with one attached hydrogen (secondary N) is 1. The predicted octanol–water partition coefficient (Wildman–Crippen LogP) is 4.57. The van der Waals surface area contributed by atoms with Crippen molar-refractivity contribution in [3.63, 3.8) is 0 Å². The van der Waals surface area contributed by atoms with E-state index >= 15 is 0 Å². The van der Waals surface area contributed by atoms with Crippen LogP contribution in [-0.4, -0.2) is 8.42 Å². The van der Waals surface area contributed by atoms with Crippen LogP contribution in [0.25, 0.3) is 22.1 Å². The summed E-state index contributed by atoms with van der Waals surface area (Å²) in [5.74, 6) is 0. The second-order valence-electron chi connectivity index (χ2n) is 6.43. The largest absolute Gasteiger partial charge is 0.422 e. The summed E-state index contributed by atoms with van der Waals surface area (Å²) in [5, 5.41) is 0.824. The molecule has 1 N–H and O–H groups in total. The number of aryl methyl sites for hydroxylation is 1. The standard InChI is InChI=1S/C22H17NO4S/c1-15-13-17(23-28(25,26)18-8-3-2-4-9-18)11-12-19(15)20-14-16-7-5-6-10-21(16)27-22(20)24/h2-14,23H,1H3. The van der Waals surface area contributed by atoms with Gasteiger partial charge in [0.15, 0.2) is 0 Å². The molecule has 0 saturated carbocycles. The van der Waals surface area contributed by atoms with Gasteiger partial charge in [-0.2, -0.15) is 0 Å². The SMILES string of the molecule is Cc1cc(NS(=O)(=O)c2ccccc2)ccc1-c1cc2ccccc2oc1=O. The maximum absolute atomic E-state index is 12.5. The number of para-hydroxylation sites is 1. The van der Waals surface area contributed by atoms with Crippen LogP contribution >= 0.6 is 0 Å². The third kappa shape index (κ3) is 3.42. The Morgan fingerprint density at radius 1 is 0.821 bits per heavy atom. The van der Waals surface area contributed by atoms with Crippen LogP contribution in [0.15, 0.2) is 93.0 Å². The Hall–Kier alpha value is -3.38. The van der Waals surface area contributed by atoms with Gasteiger partial charge in [0.05, 0.1) is 10.5 Å². The molecule has 0 aliphatic rings. The summed E-state index contributed by atoms with van der Waals surface area (Å²) in [6.45, 7) is 1.82. The molecule has 0 aliphatic carbocycles. The van der Waals surface area contributed by atoms with Gasteiger partial charge in [0.1, 0.15) is 5.58 Å². The summed E-state index contributed by atoms with van der Waals surface area (Å²) in [7, 11) is -3.67. The van der Waals surface area contributed by atoms with Gasteiger partial charge < -0.3 is 4.42 Å². The Kier molecular flexibility index (Phi) is 4.49. The van der Waals surface area contributed by atoms with Gasteiger partial charge in [0.2, 0.25) is 0 Å². The normalized spacial score (nSPS) is 11.5. The van der Waals surface area contributed by atoms with E-state index in [-0.39, 0.29) is 4.90 Å². The number of hydrogen-bond donors (Lipinski definition) is 1. The summed E-state index contributed by atoms with van der Waals surface area (Å²) in [6.07, 6.45) is 0. The van der Waals surface area contributed by atoms with Crippen LogP contribution in [0.4, 0.5) is 5.69 Å². The zero-order valence-corrected chi connectivity index (χ0v) is 15.9. The molecule has 4 rings (SSSR count). The van der Waals surface area contributed by atoms with Gasteiger partial charge >= 0.3 is 5.63 Å². The molecule has 140 valence electrons. The average Bonchev–Trinajstić information content (AvgIpc) is 2.68. The van der Waals surface area contributed by atoms with E-state index in [9.17, 15) is 13.2 Å². The molecular formula is C22H17NO4S. The van der Waals surface area contributed by atoms with Gasteiger partial charge in [-0.05, 0) is 54.4 Å². The van der Waals surface area contributed by atoms with Crippen molar-refractivity contribution in [2.24, 2.45) is 0 Å². The van der Waals surface area contributed by atoms with Crippen molar-refractivity contribution in [1.82, 2.24) is 0 Å². The first-order valence-electron chi connectivity index (χ1n) is 8.66. The van der Waals surface area contributed by atoms with E-state index in [0.717, 1.165) is 10.9 Å². The van der Waals surface area contributed by atoms with Gasteiger partial charge in [-0.25, -0.2) is 13.2 Å². The zero-order chi connectivity index (χ0) is 19.7. The lowest BCUT2D eigenvalue weighted by atomic mass is 10.0. The van der Waals surface area contributed by atoms with Gasteiger partial charge in [-0.1, -0.05) is 42.5 Å². The van der Waals surface area contributed by atoms with Crippen molar-refractivity contribution in [2.75, 3.05) is 4.72 Å². The number of sulfonamides is 1. The summed E-state index contributed by atoms with van der Waals surface area (Å²) >= 11 is 0. The molecule has 6 heteroatoms. The second kappa shape index (κ2) is 6.98. The Morgan fingerprint density at radius 3 is 2.29 bits per heavy atom. The fourth-order valence-corrected chi connectivity index (χ4v) is 4.16. The monoisotopic (exact) mass is 391 g/mol. The van der Waals surface area contributed by atoms with Crippen LogP contribution in [0, 0.1) is 6.92 Å². The summed E-state index contributed by atoms with van der Waals surface area (Å²) in [6, 6.07) is 22.3. The molecule has 0 spiro atoms. The molecule has 1 aromatic heterocycles. The number of benzene rings is 3. The summed E-state index contributed by atoms with van der Waals surface area (Å²) < 4.78 is 33.0. The molecule has 5 nitrogen and oxygen atoms in total. The van der Waals surface area contributed by atoms with Gasteiger partial charge in [0.25, 0.3) is 10.0 Å². The molecule has 0 amide bonds. The van der Waals surface area contributed by atoms with Crippen LogP contribution in [-0.2, 0) is 10.0 Å². The highest BCUT2D eigenvalue weighted by Crippen LogP contribution is 2.27. The van der Waals surface area contributed by atoms with Crippen LogP contribution < -0.4 is 10.3 Å². The van der Waals surface area contributed by atoms with Gasteiger partial charge in [-0.3, -0.25) is 4.72 Å². The molecule has 28 heavy (non-hydrogen) atoms. The molecule has 0 radical (unpaired) electrons. The van der Waals surface area contributed by atoms with E-state index < -0.39 is 15.6 Å². The van der Waals surface area contributed by atoms with Crippen LogP contribution in [0.5, 0.6) is 0 Å². The molecule has 0 fully saturated rings. The Morgan fingerprint density at radius 2 is 1.54 bits per heavy atom. The van der Waals surface area contributed by atoms with Crippen molar-refractivity contribution in [2.45, 2.75) is 11.8 Å². The highest BCUT2D eigenvalue weighted by Gasteiger charge is 2.15. The molecule has 0 unspecified atom stereocenters. The molecular weight excluding hydrogens is 374 g/mol. The number of fused-ring (bicyclic) bond motifs is 1. The van der Waals surface area contributed by atoms with E-state index in [1.54, 1.807) is 48.5 Å². The quantitative estimate of drug-likeness (QED) is 0.517. The number of hydrogen-bond acceptors (Lipinski definition) is 4. The third-order valence-electron chi connectivity index (χ3n) is 4.46. The highest BCUT2D eigenvalue weighted by molar-refractivity contribution is 7.92. The lowest BCUT2D eigenvalue weighted by Crippen LogP contribution is -2.13. The van der Waals surface area contributed by atoms with Crippen molar-refractivity contribution >= 4 is 26.7 Å². The fourth-order valence-electron chi connectivity index (χ4n) is 3.09. The maximum atomic E-state index is 12.5. The highest BCUT2D eigenvalue weighted by atomic mass is 32.2. The molecule has 0 aliphatic heterocycles. The van der Waals surface area contributed by atoms with Crippen molar-refractivity contribution in [1.29, 1.82) is 0 Å². The topological polar surface area (TPSA) is 76.4 Å². The van der Waals surface area contributed by atoms with E-state index in [2.05, 4.69) is 4.72 Å². The number of rotatable bonds is 4. The maximum Gasteiger partial charge on any atom is 0.344 e. The first kappa shape index (κ1) is 18.0. The summed E-state index contributed by atoms with van der Waals surface area (Å²) in [4.78, 5) is 12.6. The van der Waals surface area contributed by atoms with Crippen LogP contribution in [0.3, 0.4) is 0 Å². The van der Waals surface area contributed by atoms with Gasteiger partial charge in [0, 0.05) is 11.1 Å². The summed E-state index contributed by atoms with van der Waals surface area (Å²) in [5.41, 5.74) is 2.42. The Balaban J connectivity index is 1.71. The predicted molar refractivity (Wildman–Crippen MR) is 110 cm³/mol. The molecule has 4 aromatic rings. The molecule has 0 atom stereocenters. The zero-order valence-electron chi connectivity index (χ0n) is 15.0. The fraction of sp³-hybridized carbons (Fsp3) is 0.0455. The van der Waals surface area contributed by atoms with Gasteiger partial charge in [-0.15, -0.1) is 0 Å². The minimum absolute atomic E-state index is 0.187. The third-order valence-corrected chi connectivity index (χ3v) is 5.86. The number of anilines is 1. The minimum Gasteiger partial charge on any atom is -0.422 e. The van der Waals surface area contributed by atoms with Crippen molar-refractivity contribution in [3.8, 4) is 11.1 Å². The minimum atomic E-state index is -3.67. The van der Waals surface area contributed by atoms with Crippen LogP contribution in [0.2, 0.25) is 0 Å². The lowest BCUT2D eigenvalue weighted by Gasteiger charge is -2.11. The average molecular weight is 391 g/mol. The van der Waals surface area contributed by atoms with Crippen LogP contribution in [0.1, 0.15) is 5.56 Å². The Bertz CT molecular complexity index is 1330. The van der Waals surface area contributed by atoms with Crippen molar-refractivity contribution in [3.05, 3.63) is 94.8 Å². The van der Waals surface area contributed by atoms with E-state index in [0.29, 0.717) is 22.4 Å². The molecule has 0 saturated heterocycles. The lowest BCUT2D eigenvalue weighted by molar-refractivity contribution is 0.563. The first-order chi connectivity index (χ1) is 13.4. The molecule has 0 bridgehead atoms. The first-order valence-corrected chi connectivity index (χ1v) is 10.1. The second-order valence-corrected chi connectivity index (χ2v) is 8.12. The molecule has 1 heterocycles. The van der Waals surface area contributed by atoms with E-state index in [1.807, 2.05) is 25.1 Å². The van der Waals surface area contributed by atoms with Crippen molar-refractivity contribution < 1.29 is 12.8 Å². The van der Waals surface area contributed by atoms with E-state index in [1.165, 1.54) is 12.1 Å².